The van der Waals surface area contributed by atoms with Gasteiger partial charge in [0.2, 0.25) is 6.79 Å². The normalized spacial score (nSPS) is 12.7. The minimum atomic E-state index is -0.983. The first kappa shape index (κ1) is 19.3. The molecule has 0 spiro atoms. The number of rotatable bonds is 6. The number of anilines is 1. The van der Waals surface area contributed by atoms with Crippen molar-refractivity contribution in [1.82, 2.24) is 0 Å². The van der Waals surface area contributed by atoms with E-state index in [0.717, 1.165) is 5.75 Å². The topological polar surface area (TPSA) is 83.1 Å². The molecule has 0 radical (unpaired) electrons. The lowest BCUT2D eigenvalue weighted by Gasteiger charge is -2.14. The van der Waals surface area contributed by atoms with Crippen LogP contribution < -0.4 is 19.5 Å². The predicted molar refractivity (Wildman–Crippen MR) is 109 cm³/mol. The Morgan fingerprint density at radius 3 is 2.37 bits per heavy atom. The SMILES string of the molecule is C[C@@H](OC(=O)c1ccc2c(c1)OCO2)C(=O)Nc1ccc(Oc2ccccc2)cc1. The molecular weight excluding hydrogens is 386 g/mol. The van der Waals surface area contributed by atoms with Crippen molar-refractivity contribution in [3.8, 4) is 23.0 Å². The predicted octanol–water partition coefficient (Wildman–Crippen LogP) is 4.39. The Hall–Kier alpha value is -4.00. The first-order chi connectivity index (χ1) is 14.6. The van der Waals surface area contributed by atoms with Crippen LogP contribution >= 0.6 is 0 Å². The lowest BCUT2D eigenvalue weighted by Crippen LogP contribution is -2.30. The molecule has 1 heterocycles. The van der Waals surface area contributed by atoms with Crippen LogP contribution in [0.4, 0.5) is 5.69 Å². The van der Waals surface area contributed by atoms with Crippen LogP contribution in [0, 0.1) is 0 Å². The Bertz CT molecular complexity index is 1050. The van der Waals surface area contributed by atoms with Crippen molar-refractivity contribution in [3.63, 3.8) is 0 Å². The van der Waals surface area contributed by atoms with E-state index in [2.05, 4.69) is 5.32 Å². The zero-order valence-electron chi connectivity index (χ0n) is 16.2. The molecule has 1 N–H and O–H groups in total. The first-order valence-electron chi connectivity index (χ1n) is 9.33. The van der Waals surface area contributed by atoms with E-state index in [9.17, 15) is 9.59 Å². The summed E-state index contributed by atoms with van der Waals surface area (Å²) in [6.45, 7) is 1.62. The lowest BCUT2D eigenvalue weighted by atomic mass is 10.2. The quantitative estimate of drug-likeness (QED) is 0.613. The van der Waals surface area contributed by atoms with Gasteiger partial charge in [-0.2, -0.15) is 0 Å². The second kappa shape index (κ2) is 8.57. The summed E-state index contributed by atoms with van der Waals surface area (Å²) < 4.78 is 21.4. The molecule has 0 saturated carbocycles. The van der Waals surface area contributed by atoms with Gasteiger partial charge in [-0.3, -0.25) is 4.79 Å². The number of fused-ring (bicyclic) bond motifs is 1. The highest BCUT2D eigenvalue weighted by Gasteiger charge is 2.21. The maximum Gasteiger partial charge on any atom is 0.339 e. The van der Waals surface area contributed by atoms with Gasteiger partial charge in [0.1, 0.15) is 11.5 Å². The van der Waals surface area contributed by atoms with Crippen LogP contribution in [0.1, 0.15) is 17.3 Å². The van der Waals surface area contributed by atoms with Gasteiger partial charge in [0.05, 0.1) is 5.56 Å². The van der Waals surface area contributed by atoms with E-state index >= 15 is 0 Å². The third kappa shape index (κ3) is 4.52. The molecule has 1 aliphatic rings. The number of para-hydroxylation sites is 1. The van der Waals surface area contributed by atoms with Crippen LogP contribution in [0.2, 0.25) is 0 Å². The lowest BCUT2D eigenvalue weighted by molar-refractivity contribution is -0.123. The summed E-state index contributed by atoms with van der Waals surface area (Å²) >= 11 is 0. The molecule has 0 aliphatic carbocycles. The van der Waals surface area contributed by atoms with Crippen LogP contribution in [0.25, 0.3) is 0 Å². The molecule has 7 nitrogen and oxygen atoms in total. The molecule has 0 bridgehead atoms. The molecule has 3 aromatic rings. The zero-order valence-corrected chi connectivity index (χ0v) is 16.2. The molecule has 1 amide bonds. The Morgan fingerprint density at radius 2 is 1.60 bits per heavy atom. The van der Waals surface area contributed by atoms with Gasteiger partial charge in [0.15, 0.2) is 17.6 Å². The highest BCUT2D eigenvalue weighted by Crippen LogP contribution is 2.32. The van der Waals surface area contributed by atoms with Crippen molar-refractivity contribution in [3.05, 3.63) is 78.4 Å². The summed E-state index contributed by atoms with van der Waals surface area (Å²) in [7, 11) is 0. The van der Waals surface area contributed by atoms with Gasteiger partial charge in [-0.1, -0.05) is 18.2 Å². The fourth-order valence-electron chi connectivity index (χ4n) is 2.78. The fraction of sp³-hybridized carbons (Fsp3) is 0.130. The van der Waals surface area contributed by atoms with Gasteiger partial charge in [-0.15, -0.1) is 0 Å². The van der Waals surface area contributed by atoms with E-state index in [1.807, 2.05) is 30.3 Å². The van der Waals surface area contributed by atoms with Gasteiger partial charge in [-0.05, 0) is 61.5 Å². The van der Waals surface area contributed by atoms with Gasteiger partial charge in [0, 0.05) is 5.69 Å². The van der Waals surface area contributed by atoms with Crippen LogP contribution in [0.5, 0.6) is 23.0 Å². The third-order valence-corrected chi connectivity index (χ3v) is 4.36. The second-order valence-corrected chi connectivity index (χ2v) is 6.54. The maximum absolute atomic E-state index is 12.4. The molecule has 0 unspecified atom stereocenters. The number of carbonyl (C=O) groups is 2. The first-order valence-corrected chi connectivity index (χ1v) is 9.33. The molecule has 0 saturated heterocycles. The van der Waals surface area contributed by atoms with E-state index in [1.165, 1.54) is 13.0 Å². The van der Waals surface area contributed by atoms with Crippen molar-refractivity contribution in [2.24, 2.45) is 0 Å². The van der Waals surface area contributed by atoms with Crippen LogP contribution in [-0.2, 0) is 9.53 Å². The summed E-state index contributed by atoms with van der Waals surface area (Å²) in [4.78, 5) is 24.7. The Kier molecular flexibility index (Phi) is 5.52. The molecule has 3 aromatic carbocycles. The zero-order chi connectivity index (χ0) is 20.9. The number of amides is 1. The van der Waals surface area contributed by atoms with Crippen LogP contribution in [0.3, 0.4) is 0 Å². The number of carbonyl (C=O) groups excluding carboxylic acids is 2. The van der Waals surface area contributed by atoms with Gasteiger partial charge in [0.25, 0.3) is 5.91 Å². The molecule has 0 fully saturated rings. The number of ether oxygens (including phenoxy) is 4. The van der Waals surface area contributed by atoms with Crippen molar-refractivity contribution >= 4 is 17.6 Å². The minimum absolute atomic E-state index is 0.113. The van der Waals surface area contributed by atoms with Gasteiger partial charge in [-0.25, -0.2) is 4.79 Å². The highest BCUT2D eigenvalue weighted by molar-refractivity contribution is 5.97. The van der Waals surface area contributed by atoms with Crippen LogP contribution in [-0.4, -0.2) is 24.8 Å². The number of benzene rings is 3. The van der Waals surface area contributed by atoms with Crippen molar-refractivity contribution in [2.75, 3.05) is 12.1 Å². The Labute approximate surface area is 173 Å². The maximum atomic E-state index is 12.4. The minimum Gasteiger partial charge on any atom is -0.457 e. The van der Waals surface area contributed by atoms with Crippen LogP contribution in [0.15, 0.2) is 72.8 Å². The molecule has 0 aromatic heterocycles. The van der Waals surface area contributed by atoms with Crippen molar-refractivity contribution < 1.29 is 28.5 Å². The van der Waals surface area contributed by atoms with E-state index < -0.39 is 18.0 Å². The summed E-state index contributed by atoms with van der Waals surface area (Å²) in [6.07, 6.45) is -0.983. The third-order valence-electron chi connectivity index (χ3n) is 4.36. The standard InChI is InChI=1S/C23H19NO6/c1-15(29-23(26)16-7-12-20-21(13-16)28-14-27-20)22(25)24-17-8-10-19(11-9-17)30-18-5-3-2-4-6-18/h2-13,15H,14H2,1H3,(H,24,25)/t15-/m1/s1. The van der Waals surface area contributed by atoms with Crippen molar-refractivity contribution in [2.45, 2.75) is 13.0 Å². The molecule has 7 heteroatoms. The van der Waals surface area contributed by atoms with Gasteiger partial charge < -0.3 is 24.3 Å². The highest BCUT2D eigenvalue weighted by atomic mass is 16.7. The van der Waals surface area contributed by atoms with Crippen molar-refractivity contribution in [1.29, 1.82) is 0 Å². The molecule has 1 aliphatic heterocycles. The van der Waals surface area contributed by atoms with E-state index in [0.29, 0.717) is 22.9 Å². The second-order valence-electron chi connectivity index (χ2n) is 6.54. The Balaban J connectivity index is 1.32. The number of esters is 1. The van der Waals surface area contributed by atoms with Gasteiger partial charge >= 0.3 is 5.97 Å². The monoisotopic (exact) mass is 405 g/mol. The summed E-state index contributed by atoms with van der Waals surface area (Å²) in [5.74, 6) is 1.33. The number of hydrogen-bond donors (Lipinski definition) is 1. The average Bonchev–Trinajstić information content (AvgIpc) is 3.23. The summed E-state index contributed by atoms with van der Waals surface area (Å²) in [5.41, 5.74) is 0.840. The molecule has 30 heavy (non-hydrogen) atoms. The molecule has 4 rings (SSSR count). The largest absolute Gasteiger partial charge is 0.457 e. The van der Waals surface area contributed by atoms with E-state index in [1.54, 1.807) is 36.4 Å². The smallest absolute Gasteiger partial charge is 0.339 e. The Morgan fingerprint density at radius 1 is 0.900 bits per heavy atom. The molecular formula is C23H19NO6. The van der Waals surface area contributed by atoms with E-state index in [-0.39, 0.29) is 12.4 Å². The summed E-state index contributed by atoms with van der Waals surface area (Å²) in [6, 6.07) is 21.0. The average molecular weight is 405 g/mol. The van der Waals surface area contributed by atoms with E-state index in [4.69, 9.17) is 18.9 Å². The fourth-order valence-corrected chi connectivity index (χ4v) is 2.78. The summed E-state index contributed by atoms with van der Waals surface area (Å²) in [5, 5.41) is 2.71. The number of hydrogen-bond acceptors (Lipinski definition) is 6. The number of nitrogens with one attached hydrogen (secondary N) is 1. The molecule has 1 atom stereocenters. The molecule has 152 valence electrons.